The highest BCUT2D eigenvalue weighted by Gasteiger charge is 2.54. The number of ether oxygens (including phenoxy) is 2. The van der Waals surface area contributed by atoms with Crippen molar-refractivity contribution in [1.29, 1.82) is 0 Å². The standard InChI is InChI=1S/C24H32N2O5/c1-14(25-23(29)24-11-16-7-17(12-24)9-18(8-16)13-24)22(28)31-15(2)21(27)26-19-5-4-6-20(10-19)30-3/h4-6,10,14-18H,7-9,11-13H2,1-3H3,(H,25,29)(H,26,27)/t14-,15+,16?,17?,18?,24?/m1/s1. The first kappa shape index (κ1) is 21.7. The second-order valence-electron chi connectivity index (χ2n) is 9.69. The SMILES string of the molecule is COc1cccc(NC(=O)[C@H](C)OC(=O)[C@@H](C)NC(=O)C23CC4CC(CC(C4)C2)C3)c1. The second kappa shape index (κ2) is 8.52. The first-order valence-corrected chi connectivity index (χ1v) is 11.2. The van der Waals surface area contributed by atoms with Crippen LogP contribution in [0.4, 0.5) is 5.69 Å². The number of amides is 2. The van der Waals surface area contributed by atoms with Crippen LogP contribution >= 0.6 is 0 Å². The molecular weight excluding hydrogens is 396 g/mol. The van der Waals surface area contributed by atoms with Crippen LogP contribution in [0.1, 0.15) is 52.4 Å². The highest BCUT2D eigenvalue weighted by Crippen LogP contribution is 2.60. The molecule has 0 aliphatic heterocycles. The summed E-state index contributed by atoms with van der Waals surface area (Å²) in [5, 5.41) is 5.59. The summed E-state index contributed by atoms with van der Waals surface area (Å²) in [4.78, 5) is 38.1. The van der Waals surface area contributed by atoms with Crippen molar-refractivity contribution in [1.82, 2.24) is 5.32 Å². The van der Waals surface area contributed by atoms with E-state index in [4.69, 9.17) is 9.47 Å². The molecule has 0 saturated heterocycles. The van der Waals surface area contributed by atoms with Crippen LogP contribution < -0.4 is 15.4 Å². The van der Waals surface area contributed by atoms with Gasteiger partial charge in [0.05, 0.1) is 7.11 Å². The Kier molecular flexibility index (Phi) is 5.95. The summed E-state index contributed by atoms with van der Waals surface area (Å²) in [6.45, 7) is 3.13. The van der Waals surface area contributed by atoms with Gasteiger partial charge < -0.3 is 20.1 Å². The van der Waals surface area contributed by atoms with Gasteiger partial charge in [0.1, 0.15) is 11.8 Å². The van der Waals surface area contributed by atoms with E-state index in [-0.39, 0.29) is 11.3 Å². The Balaban J connectivity index is 1.30. The van der Waals surface area contributed by atoms with Gasteiger partial charge in [0.25, 0.3) is 5.91 Å². The first-order chi connectivity index (χ1) is 14.8. The van der Waals surface area contributed by atoms with Crippen molar-refractivity contribution in [2.75, 3.05) is 12.4 Å². The molecule has 5 rings (SSSR count). The van der Waals surface area contributed by atoms with Crippen LogP contribution in [0.5, 0.6) is 5.75 Å². The molecule has 2 amide bonds. The van der Waals surface area contributed by atoms with Crippen molar-refractivity contribution in [2.45, 2.75) is 64.5 Å². The predicted molar refractivity (Wildman–Crippen MR) is 115 cm³/mol. The molecule has 0 aromatic heterocycles. The lowest BCUT2D eigenvalue weighted by molar-refractivity contribution is -0.158. The Morgan fingerprint density at radius 3 is 2.23 bits per heavy atom. The van der Waals surface area contributed by atoms with E-state index >= 15 is 0 Å². The fourth-order valence-corrected chi connectivity index (χ4v) is 6.07. The molecular formula is C24H32N2O5. The Morgan fingerprint density at radius 2 is 1.65 bits per heavy atom. The third-order valence-corrected chi connectivity index (χ3v) is 7.22. The fourth-order valence-electron chi connectivity index (χ4n) is 6.07. The molecule has 0 radical (unpaired) electrons. The van der Waals surface area contributed by atoms with Gasteiger partial charge in [-0.25, -0.2) is 4.79 Å². The van der Waals surface area contributed by atoms with Gasteiger partial charge in [-0.15, -0.1) is 0 Å². The molecule has 4 aliphatic rings. The van der Waals surface area contributed by atoms with Crippen molar-refractivity contribution < 1.29 is 23.9 Å². The highest BCUT2D eigenvalue weighted by atomic mass is 16.5. The zero-order valence-corrected chi connectivity index (χ0v) is 18.5. The molecule has 0 unspecified atom stereocenters. The van der Waals surface area contributed by atoms with Crippen molar-refractivity contribution in [3.63, 3.8) is 0 Å². The van der Waals surface area contributed by atoms with Crippen molar-refractivity contribution in [3.05, 3.63) is 24.3 Å². The number of benzene rings is 1. The van der Waals surface area contributed by atoms with E-state index in [1.807, 2.05) is 0 Å². The summed E-state index contributed by atoms with van der Waals surface area (Å²) in [6, 6.07) is 6.14. The lowest BCUT2D eigenvalue weighted by atomic mass is 9.49. The molecule has 2 atom stereocenters. The summed E-state index contributed by atoms with van der Waals surface area (Å²) in [5.41, 5.74) is 0.231. The van der Waals surface area contributed by atoms with Crippen LogP contribution in [0.3, 0.4) is 0 Å². The summed E-state index contributed by atoms with van der Waals surface area (Å²) in [7, 11) is 1.55. The summed E-state index contributed by atoms with van der Waals surface area (Å²) in [5.74, 6) is 1.50. The Labute approximate surface area is 183 Å². The van der Waals surface area contributed by atoms with E-state index in [1.54, 1.807) is 38.3 Å². The molecule has 7 heteroatoms. The molecule has 0 spiro atoms. The number of methoxy groups -OCH3 is 1. The number of esters is 1. The van der Waals surface area contributed by atoms with Gasteiger partial charge >= 0.3 is 5.97 Å². The normalized spacial score (nSPS) is 30.2. The maximum Gasteiger partial charge on any atom is 0.329 e. The molecule has 1 aromatic rings. The lowest BCUT2D eigenvalue weighted by Crippen LogP contribution is -2.56. The Hall–Kier alpha value is -2.57. The maximum atomic E-state index is 13.1. The molecule has 4 bridgehead atoms. The molecule has 2 N–H and O–H groups in total. The molecule has 4 saturated carbocycles. The number of hydrogen-bond acceptors (Lipinski definition) is 5. The van der Waals surface area contributed by atoms with Crippen LogP contribution in [-0.2, 0) is 19.1 Å². The van der Waals surface area contributed by atoms with Gasteiger partial charge in [-0.05, 0) is 82.3 Å². The third-order valence-electron chi connectivity index (χ3n) is 7.22. The Bertz CT molecular complexity index is 832. The van der Waals surface area contributed by atoms with E-state index in [2.05, 4.69) is 10.6 Å². The van der Waals surface area contributed by atoms with Gasteiger partial charge in [-0.1, -0.05) is 6.07 Å². The first-order valence-electron chi connectivity index (χ1n) is 11.2. The molecule has 31 heavy (non-hydrogen) atoms. The quantitative estimate of drug-likeness (QED) is 0.650. The number of carbonyl (C=O) groups is 3. The fraction of sp³-hybridized carbons (Fsp3) is 0.625. The van der Waals surface area contributed by atoms with E-state index in [1.165, 1.54) is 26.2 Å². The summed E-state index contributed by atoms with van der Waals surface area (Å²) >= 11 is 0. The maximum absolute atomic E-state index is 13.1. The van der Waals surface area contributed by atoms with Crippen molar-refractivity contribution in [3.8, 4) is 5.75 Å². The average Bonchev–Trinajstić information content (AvgIpc) is 2.72. The van der Waals surface area contributed by atoms with Crippen molar-refractivity contribution >= 4 is 23.5 Å². The number of carbonyl (C=O) groups excluding carboxylic acids is 3. The zero-order valence-electron chi connectivity index (χ0n) is 18.5. The van der Waals surface area contributed by atoms with Gasteiger partial charge in [0, 0.05) is 17.2 Å². The minimum atomic E-state index is -0.988. The minimum absolute atomic E-state index is 0.0236. The smallest absolute Gasteiger partial charge is 0.329 e. The van der Waals surface area contributed by atoms with E-state index in [9.17, 15) is 14.4 Å². The largest absolute Gasteiger partial charge is 0.497 e. The molecule has 7 nitrogen and oxygen atoms in total. The minimum Gasteiger partial charge on any atom is -0.497 e. The van der Waals surface area contributed by atoms with E-state index in [0.29, 0.717) is 29.2 Å². The zero-order chi connectivity index (χ0) is 22.2. The molecule has 1 aromatic carbocycles. The van der Waals surface area contributed by atoms with Gasteiger partial charge in [-0.2, -0.15) is 0 Å². The van der Waals surface area contributed by atoms with Crippen molar-refractivity contribution in [2.24, 2.45) is 23.2 Å². The van der Waals surface area contributed by atoms with Gasteiger partial charge in [0.15, 0.2) is 6.10 Å². The average molecular weight is 429 g/mol. The Morgan fingerprint density at radius 1 is 1.03 bits per heavy atom. The van der Waals surface area contributed by atoms with E-state index in [0.717, 1.165) is 19.3 Å². The number of anilines is 1. The number of nitrogens with one attached hydrogen (secondary N) is 2. The second-order valence-corrected chi connectivity index (χ2v) is 9.69. The molecule has 168 valence electrons. The van der Waals surface area contributed by atoms with Crippen LogP contribution in [0.25, 0.3) is 0 Å². The monoisotopic (exact) mass is 428 g/mol. The number of hydrogen-bond donors (Lipinski definition) is 2. The van der Waals surface area contributed by atoms with Crippen LogP contribution in [0.2, 0.25) is 0 Å². The molecule has 0 heterocycles. The van der Waals surface area contributed by atoms with Crippen LogP contribution in [-0.4, -0.2) is 37.0 Å². The predicted octanol–water partition coefficient (Wildman–Crippen LogP) is 3.29. The molecule has 4 fully saturated rings. The summed E-state index contributed by atoms with van der Waals surface area (Å²) < 4.78 is 10.5. The van der Waals surface area contributed by atoms with Crippen LogP contribution in [0.15, 0.2) is 24.3 Å². The number of rotatable bonds is 7. The lowest BCUT2D eigenvalue weighted by Gasteiger charge is -2.55. The van der Waals surface area contributed by atoms with Crippen LogP contribution in [0, 0.1) is 23.2 Å². The topological polar surface area (TPSA) is 93.7 Å². The van der Waals surface area contributed by atoms with Gasteiger partial charge in [-0.3, -0.25) is 9.59 Å². The third kappa shape index (κ3) is 4.55. The highest BCUT2D eigenvalue weighted by molar-refractivity contribution is 5.96. The molecule has 4 aliphatic carbocycles. The van der Waals surface area contributed by atoms with Gasteiger partial charge in [0.2, 0.25) is 5.91 Å². The summed E-state index contributed by atoms with van der Waals surface area (Å²) in [6.07, 6.45) is 5.58. The van der Waals surface area contributed by atoms with E-state index < -0.39 is 24.0 Å².